The smallest absolute Gasteiger partial charge is 0.253 e. The second-order valence-electron chi connectivity index (χ2n) is 5.76. The molecule has 0 unspecified atom stereocenters. The molecule has 5 heteroatoms. The SMILES string of the molecule is O=C(c1cccc(Br)c1)N1CCCN(C(=O)C2CC2)CC1. The van der Waals surface area contributed by atoms with Crippen molar-refractivity contribution >= 4 is 27.7 Å². The fourth-order valence-electron chi connectivity index (χ4n) is 2.73. The lowest BCUT2D eigenvalue weighted by Crippen LogP contribution is -2.37. The number of carbonyl (C=O) groups excluding carboxylic acids is 2. The lowest BCUT2D eigenvalue weighted by Gasteiger charge is -2.22. The Morgan fingerprint density at radius 3 is 2.48 bits per heavy atom. The predicted molar refractivity (Wildman–Crippen MR) is 84.0 cm³/mol. The number of amides is 2. The van der Waals surface area contributed by atoms with E-state index in [1.54, 1.807) is 0 Å². The zero-order chi connectivity index (χ0) is 14.8. The molecular weight excluding hydrogens is 332 g/mol. The van der Waals surface area contributed by atoms with E-state index in [1.165, 1.54) is 0 Å². The maximum absolute atomic E-state index is 12.5. The van der Waals surface area contributed by atoms with E-state index in [1.807, 2.05) is 34.1 Å². The fraction of sp³-hybridized carbons (Fsp3) is 0.500. The largest absolute Gasteiger partial charge is 0.341 e. The van der Waals surface area contributed by atoms with Gasteiger partial charge in [-0.15, -0.1) is 0 Å². The third kappa shape index (κ3) is 3.46. The van der Waals surface area contributed by atoms with Crippen molar-refractivity contribution in [1.29, 1.82) is 0 Å². The first-order valence-electron chi connectivity index (χ1n) is 7.49. The van der Waals surface area contributed by atoms with Crippen LogP contribution in [0, 0.1) is 5.92 Å². The van der Waals surface area contributed by atoms with Crippen LogP contribution in [0.25, 0.3) is 0 Å². The molecule has 2 amide bonds. The third-order valence-corrected chi connectivity index (χ3v) is 4.59. The van der Waals surface area contributed by atoms with Gasteiger partial charge in [0.15, 0.2) is 0 Å². The van der Waals surface area contributed by atoms with Crippen molar-refractivity contribution < 1.29 is 9.59 Å². The summed E-state index contributed by atoms with van der Waals surface area (Å²) in [5, 5.41) is 0. The fourth-order valence-corrected chi connectivity index (χ4v) is 3.13. The highest BCUT2D eigenvalue weighted by atomic mass is 79.9. The van der Waals surface area contributed by atoms with Crippen LogP contribution in [0.1, 0.15) is 29.6 Å². The molecule has 1 heterocycles. The topological polar surface area (TPSA) is 40.6 Å². The predicted octanol–water partition coefficient (Wildman–Crippen LogP) is 2.53. The molecule has 1 aromatic carbocycles. The Bertz CT molecular complexity index is 557. The van der Waals surface area contributed by atoms with Crippen molar-refractivity contribution in [1.82, 2.24) is 9.80 Å². The molecule has 1 aromatic rings. The number of halogens is 1. The molecule has 4 nitrogen and oxygen atoms in total. The Balaban J connectivity index is 1.64. The monoisotopic (exact) mass is 350 g/mol. The minimum Gasteiger partial charge on any atom is -0.341 e. The van der Waals surface area contributed by atoms with Crippen molar-refractivity contribution in [3.8, 4) is 0 Å². The number of hydrogen-bond acceptors (Lipinski definition) is 2. The summed E-state index contributed by atoms with van der Waals surface area (Å²) in [6, 6.07) is 7.47. The number of nitrogens with zero attached hydrogens (tertiary/aromatic N) is 2. The molecule has 1 saturated carbocycles. The first kappa shape index (κ1) is 14.6. The van der Waals surface area contributed by atoms with Crippen LogP contribution in [0.15, 0.2) is 28.7 Å². The van der Waals surface area contributed by atoms with Gasteiger partial charge in [-0.05, 0) is 37.5 Å². The molecule has 0 atom stereocenters. The highest BCUT2D eigenvalue weighted by molar-refractivity contribution is 9.10. The summed E-state index contributed by atoms with van der Waals surface area (Å²) in [5.41, 5.74) is 0.700. The zero-order valence-electron chi connectivity index (χ0n) is 11.9. The molecule has 2 aliphatic rings. The van der Waals surface area contributed by atoms with Gasteiger partial charge in [0.2, 0.25) is 5.91 Å². The molecule has 0 bridgehead atoms. The van der Waals surface area contributed by atoms with Crippen LogP contribution in [-0.4, -0.2) is 47.8 Å². The minimum absolute atomic E-state index is 0.0528. The van der Waals surface area contributed by atoms with E-state index in [0.29, 0.717) is 18.7 Å². The summed E-state index contributed by atoms with van der Waals surface area (Å²) in [7, 11) is 0. The van der Waals surface area contributed by atoms with Crippen LogP contribution in [-0.2, 0) is 4.79 Å². The average Bonchev–Trinajstić information content (AvgIpc) is 3.32. The normalized spacial score (nSPS) is 19.3. The summed E-state index contributed by atoms with van der Waals surface area (Å²) in [6.45, 7) is 2.79. The van der Waals surface area contributed by atoms with Crippen molar-refractivity contribution in [2.75, 3.05) is 26.2 Å². The number of benzene rings is 1. The lowest BCUT2D eigenvalue weighted by molar-refractivity contribution is -0.132. The van der Waals surface area contributed by atoms with Crippen LogP contribution >= 0.6 is 15.9 Å². The number of hydrogen-bond donors (Lipinski definition) is 0. The first-order valence-corrected chi connectivity index (χ1v) is 8.28. The van der Waals surface area contributed by atoms with Crippen molar-refractivity contribution in [3.63, 3.8) is 0 Å². The van der Waals surface area contributed by atoms with Gasteiger partial charge < -0.3 is 9.80 Å². The van der Waals surface area contributed by atoms with E-state index in [9.17, 15) is 9.59 Å². The van der Waals surface area contributed by atoms with Gasteiger partial charge in [-0.1, -0.05) is 22.0 Å². The standard InChI is InChI=1S/C16H19BrN2O2/c17-14-4-1-3-13(11-14)16(21)19-8-2-7-18(9-10-19)15(20)12-5-6-12/h1,3-4,11-12H,2,5-10H2. The molecule has 21 heavy (non-hydrogen) atoms. The van der Waals surface area contributed by atoms with Crippen LogP contribution in [0.3, 0.4) is 0 Å². The lowest BCUT2D eigenvalue weighted by atomic mass is 10.2. The second-order valence-corrected chi connectivity index (χ2v) is 6.67. The third-order valence-electron chi connectivity index (χ3n) is 4.09. The molecular formula is C16H19BrN2O2. The van der Waals surface area contributed by atoms with Gasteiger partial charge in [0.1, 0.15) is 0 Å². The van der Waals surface area contributed by atoms with Crippen molar-refractivity contribution in [3.05, 3.63) is 34.3 Å². The van der Waals surface area contributed by atoms with Gasteiger partial charge in [0, 0.05) is 42.1 Å². The summed E-state index contributed by atoms with van der Waals surface area (Å²) in [5.74, 6) is 0.598. The maximum Gasteiger partial charge on any atom is 0.253 e. The van der Waals surface area contributed by atoms with Crippen molar-refractivity contribution in [2.45, 2.75) is 19.3 Å². The van der Waals surface area contributed by atoms with Crippen LogP contribution in [0.5, 0.6) is 0 Å². The summed E-state index contributed by atoms with van der Waals surface area (Å²) < 4.78 is 0.911. The highest BCUT2D eigenvalue weighted by Crippen LogP contribution is 2.31. The Labute approximate surface area is 133 Å². The van der Waals surface area contributed by atoms with Gasteiger partial charge in [0.25, 0.3) is 5.91 Å². The molecule has 0 aromatic heterocycles. The molecule has 1 saturated heterocycles. The summed E-state index contributed by atoms with van der Waals surface area (Å²) >= 11 is 3.40. The van der Waals surface area contributed by atoms with Gasteiger partial charge in [-0.2, -0.15) is 0 Å². The van der Waals surface area contributed by atoms with E-state index >= 15 is 0 Å². The number of rotatable bonds is 2. The number of carbonyl (C=O) groups is 2. The van der Waals surface area contributed by atoms with Gasteiger partial charge in [-0.3, -0.25) is 9.59 Å². The van der Waals surface area contributed by atoms with Gasteiger partial charge in [0.05, 0.1) is 0 Å². The van der Waals surface area contributed by atoms with Gasteiger partial charge in [-0.25, -0.2) is 0 Å². The van der Waals surface area contributed by atoms with Crippen LogP contribution < -0.4 is 0 Å². The Morgan fingerprint density at radius 1 is 1.05 bits per heavy atom. The molecule has 1 aliphatic heterocycles. The molecule has 0 spiro atoms. The molecule has 0 N–H and O–H groups in total. The molecule has 1 aliphatic carbocycles. The molecule has 2 fully saturated rings. The van der Waals surface area contributed by atoms with Gasteiger partial charge >= 0.3 is 0 Å². The average molecular weight is 351 g/mol. The summed E-state index contributed by atoms with van der Waals surface area (Å²) in [4.78, 5) is 28.4. The first-order chi connectivity index (χ1) is 10.1. The zero-order valence-corrected chi connectivity index (χ0v) is 13.5. The quantitative estimate of drug-likeness (QED) is 0.822. The van der Waals surface area contributed by atoms with E-state index in [4.69, 9.17) is 0 Å². The molecule has 3 rings (SSSR count). The molecule has 112 valence electrons. The van der Waals surface area contributed by atoms with E-state index in [-0.39, 0.29) is 17.7 Å². The second kappa shape index (κ2) is 6.18. The summed E-state index contributed by atoms with van der Waals surface area (Å²) in [6.07, 6.45) is 2.93. The maximum atomic E-state index is 12.5. The van der Waals surface area contributed by atoms with E-state index in [0.717, 1.165) is 36.8 Å². The Hall–Kier alpha value is -1.36. The highest BCUT2D eigenvalue weighted by Gasteiger charge is 2.34. The van der Waals surface area contributed by atoms with E-state index in [2.05, 4.69) is 15.9 Å². The van der Waals surface area contributed by atoms with E-state index < -0.39 is 0 Å². The van der Waals surface area contributed by atoms with Crippen molar-refractivity contribution in [2.24, 2.45) is 5.92 Å². The van der Waals surface area contributed by atoms with Crippen LogP contribution in [0.2, 0.25) is 0 Å². The minimum atomic E-state index is 0.0528. The van der Waals surface area contributed by atoms with Crippen LogP contribution in [0.4, 0.5) is 0 Å². The Morgan fingerprint density at radius 2 is 1.76 bits per heavy atom. The Kier molecular flexibility index (Phi) is 4.29. The molecule has 0 radical (unpaired) electrons.